The first-order chi connectivity index (χ1) is 7.13. The number of methoxy groups -OCH3 is 1. The van der Waals surface area contributed by atoms with E-state index < -0.39 is 0 Å². The maximum Gasteiger partial charge on any atom is 0.128 e. The summed E-state index contributed by atoms with van der Waals surface area (Å²) in [6.07, 6.45) is 1.77. The first-order valence-electron chi connectivity index (χ1n) is 4.59. The Morgan fingerprint density at radius 1 is 1.60 bits per heavy atom. The minimum atomic E-state index is -0.0227. The van der Waals surface area contributed by atoms with E-state index in [4.69, 9.17) is 16.3 Å². The van der Waals surface area contributed by atoms with Gasteiger partial charge in [0.1, 0.15) is 5.82 Å². The number of hydrogen-bond acceptors (Lipinski definition) is 3. The molecule has 0 saturated heterocycles. The molecule has 1 aromatic heterocycles. The van der Waals surface area contributed by atoms with Crippen LogP contribution in [0.4, 0.5) is 5.82 Å². The normalized spacial score (nSPS) is 12.5. The summed E-state index contributed by atoms with van der Waals surface area (Å²) in [5.41, 5.74) is 0. The summed E-state index contributed by atoms with van der Waals surface area (Å²) in [4.78, 5) is 6.27. The lowest BCUT2D eigenvalue weighted by Crippen LogP contribution is -2.29. The van der Waals surface area contributed by atoms with Gasteiger partial charge in [-0.15, -0.1) is 11.6 Å². The number of ether oxygens (including phenoxy) is 1. The lowest BCUT2D eigenvalue weighted by Gasteiger charge is -2.20. The second-order valence-corrected chi connectivity index (χ2v) is 4.80. The highest BCUT2D eigenvalue weighted by molar-refractivity contribution is 9.10. The topological polar surface area (TPSA) is 25.4 Å². The molecule has 0 bridgehead atoms. The van der Waals surface area contributed by atoms with Crippen LogP contribution in [-0.2, 0) is 4.74 Å². The molecule has 0 fully saturated rings. The van der Waals surface area contributed by atoms with Gasteiger partial charge in [-0.2, -0.15) is 0 Å². The van der Waals surface area contributed by atoms with E-state index in [0.29, 0.717) is 13.2 Å². The highest BCUT2D eigenvalue weighted by atomic mass is 79.9. The summed E-state index contributed by atoms with van der Waals surface area (Å²) in [5, 5.41) is -0.0227. The Bertz CT molecular complexity index is 294. The van der Waals surface area contributed by atoms with Crippen molar-refractivity contribution < 1.29 is 4.74 Å². The average Bonchev–Trinajstić information content (AvgIpc) is 2.18. The highest BCUT2D eigenvalue weighted by Gasteiger charge is 2.09. The van der Waals surface area contributed by atoms with Gasteiger partial charge in [-0.05, 0) is 28.1 Å². The predicted octanol–water partition coefficient (Wildman–Crippen LogP) is 2.53. The third-order valence-electron chi connectivity index (χ3n) is 1.92. The highest BCUT2D eigenvalue weighted by Crippen LogP contribution is 2.14. The number of pyridine rings is 1. The van der Waals surface area contributed by atoms with Crippen LogP contribution >= 0.6 is 27.5 Å². The molecule has 1 atom stereocenters. The number of halogens is 2. The molecular weight excluding hydrogens is 279 g/mol. The summed E-state index contributed by atoms with van der Waals surface area (Å²) in [6, 6.07) is 3.90. The Kier molecular flexibility index (Phi) is 5.36. The molecule has 0 aliphatic carbocycles. The van der Waals surface area contributed by atoms with Gasteiger partial charge >= 0.3 is 0 Å². The standard InChI is InChI=1S/C10H14BrClN2O/c1-14(6-9(12)7-15-2)10-4-3-8(11)5-13-10/h3-5,9H,6-7H2,1-2H3. The molecule has 0 N–H and O–H groups in total. The van der Waals surface area contributed by atoms with Crippen molar-refractivity contribution >= 4 is 33.3 Å². The maximum absolute atomic E-state index is 6.05. The van der Waals surface area contributed by atoms with E-state index >= 15 is 0 Å². The molecule has 1 heterocycles. The third-order valence-corrected chi connectivity index (χ3v) is 2.66. The van der Waals surface area contributed by atoms with Crippen molar-refractivity contribution in [3.8, 4) is 0 Å². The largest absolute Gasteiger partial charge is 0.383 e. The number of nitrogens with zero attached hydrogens (tertiary/aromatic N) is 2. The predicted molar refractivity (Wildman–Crippen MR) is 66.7 cm³/mol. The average molecular weight is 294 g/mol. The summed E-state index contributed by atoms with van der Waals surface area (Å²) >= 11 is 9.40. The van der Waals surface area contributed by atoms with Gasteiger partial charge in [-0.1, -0.05) is 0 Å². The van der Waals surface area contributed by atoms with E-state index in [-0.39, 0.29) is 5.38 Å². The van der Waals surface area contributed by atoms with Gasteiger partial charge in [0, 0.05) is 31.4 Å². The van der Waals surface area contributed by atoms with Crippen LogP contribution in [0.25, 0.3) is 0 Å². The smallest absolute Gasteiger partial charge is 0.128 e. The Morgan fingerprint density at radius 2 is 2.33 bits per heavy atom. The molecule has 0 aliphatic rings. The number of rotatable bonds is 5. The molecule has 1 aromatic rings. The van der Waals surface area contributed by atoms with Gasteiger partial charge in [0.2, 0.25) is 0 Å². The molecule has 0 aliphatic heterocycles. The summed E-state index contributed by atoms with van der Waals surface area (Å²) in [6.45, 7) is 1.26. The first-order valence-corrected chi connectivity index (χ1v) is 5.82. The Balaban J connectivity index is 2.53. The van der Waals surface area contributed by atoms with Crippen LogP contribution in [0.2, 0.25) is 0 Å². The maximum atomic E-state index is 6.05. The second kappa shape index (κ2) is 6.30. The zero-order valence-electron chi connectivity index (χ0n) is 8.78. The second-order valence-electron chi connectivity index (χ2n) is 3.27. The number of hydrogen-bond donors (Lipinski definition) is 0. The van der Waals surface area contributed by atoms with Crippen LogP contribution < -0.4 is 4.90 Å². The summed E-state index contributed by atoms with van der Waals surface area (Å²) < 4.78 is 5.94. The molecule has 84 valence electrons. The van der Waals surface area contributed by atoms with Gasteiger partial charge in [-0.3, -0.25) is 0 Å². The molecule has 1 rings (SSSR count). The van der Waals surface area contributed by atoms with E-state index in [1.165, 1.54) is 0 Å². The first kappa shape index (κ1) is 12.7. The molecule has 3 nitrogen and oxygen atoms in total. The quantitative estimate of drug-likeness (QED) is 0.780. The van der Waals surface area contributed by atoms with Gasteiger partial charge in [0.05, 0.1) is 12.0 Å². The van der Waals surface area contributed by atoms with Crippen molar-refractivity contribution in [3.63, 3.8) is 0 Å². The van der Waals surface area contributed by atoms with Crippen LogP contribution in [-0.4, -0.2) is 37.7 Å². The molecular formula is C10H14BrClN2O. The van der Waals surface area contributed by atoms with Gasteiger partial charge in [0.25, 0.3) is 0 Å². The minimum Gasteiger partial charge on any atom is -0.383 e. The van der Waals surface area contributed by atoms with Gasteiger partial charge in [-0.25, -0.2) is 4.98 Å². The molecule has 0 amide bonds. The molecule has 5 heteroatoms. The van der Waals surface area contributed by atoms with Crippen LogP contribution in [0.5, 0.6) is 0 Å². The fourth-order valence-electron chi connectivity index (χ4n) is 1.22. The van der Waals surface area contributed by atoms with Crippen LogP contribution in [0, 0.1) is 0 Å². The SMILES string of the molecule is COCC(Cl)CN(C)c1ccc(Br)cn1. The molecule has 0 spiro atoms. The molecule has 15 heavy (non-hydrogen) atoms. The van der Waals surface area contributed by atoms with E-state index in [1.807, 2.05) is 24.1 Å². The van der Waals surface area contributed by atoms with Gasteiger partial charge < -0.3 is 9.64 Å². The monoisotopic (exact) mass is 292 g/mol. The lowest BCUT2D eigenvalue weighted by atomic mass is 10.4. The van der Waals surface area contributed by atoms with E-state index in [9.17, 15) is 0 Å². The molecule has 1 unspecified atom stereocenters. The summed E-state index contributed by atoms with van der Waals surface area (Å²) in [5.74, 6) is 0.903. The molecule has 0 radical (unpaired) electrons. The zero-order valence-corrected chi connectivity index (χ0v) is 11.1. The van der Waals surface area contributed by atoms with E-state index in [0.717, 1.165) is 10.3 Å². The van der Waals surface area contributed by atoms with E-state index in [2.05, 4.69) is 20.9 Å². The van der Waals surface area contributed by atoms with Crippen LogP contribution in [0.1, 0.15) is 0 Å². The fourth-order valence-corrected chi connectivity index (χ4v) is 1.79. The fraction of sp³-hybridized carbons (Fsp3) is 0.500. The van der Waals surface area contributed by atoms with Crippen molar-refractivity contribution in [3.05, 3.63) is 22.8 Å². The number of alkyl halides is 1. The third kappa shape index (κ3) is 4.36. The summed E-state index contributed by atoms with van der Waals surface area (Å²) in [7, 11) is 3.61. The van der Waals surface area contributed by atoms with Crippen LogP contribution in [0.3, 0.4) is 0 Å². The Hall–Kier alpha value is -0.320. The molecule has 0 aromatic carbocycles. The van der Waals surface area contributed by atoms with E-state index in [1.54, 1.807) is 13.3 Å². The number of aromatic nitrogens is 1. The van der Waals surface area contributed by atoms with Crippen molar-refractivity contribution in [2.45, 2.75) is 5.38 Å². The Labute approximate surface area is 104 Å². The van der Waals surface area contributed by atoms with Crippen molar-refractivity contribution in [2.75, 3.05) is 32.2 Å². The molecule has 0 saturated carbocycles. The van der Waals surface area contributed by atoms with Crippen molar-refractivity contribution in [1.29, 1.82) is 0 Å². The number of anilines is 1. The van der Waals surface area contributed by atoms with Crippen molar-refractivity contribution in [2.24, 2.45) is 0 Å². The Morgan fingerprint density at radius 3 is 2.87 bits per heavy atom. The minimum absolute atomic E-state index is 0.0227. The van der Waals surface area contributed by atoms with Crippen molar-refractivity contribution in [1.82, 2.24) is 4.98 Å². The lowest BCUT2D eigenvalue weighted by molar-refractivity contribution is 0.199. The van der Waals surface area contributed by atoms with Crippen LogP contribution in [0.15, 0.2) is 22.8 Å². The van der Waals surface area contributed by atoms with Gasteiger partial charge in [0.15, 0.2) is 0 Å². The zero-order chi connectivity index (χ0) is 11.3.